The summed E-state index contributed by atoms with van der Waals surface area (Å²) in [5.74, 6) is 1.14. The van der Waals surface area contributed by atoms with E-state index >= 15 is 0 Å². The molecule has 0 saturated carbocycles. The average Bonchev–Trinajstić information content (AvgIpc) is 3.02. The fourth-order valence-electron chi connectivity index (χ4n) is 2.37. The summed E-state index contributed by atoms with van der Waals surface area (Å²) in [6.07, 6.45) is 0. The van der Waals surface area contributed by atoms with Gasteiger partial charge in [0.25, 0.3) is 0 Å². The highest BCUT2D eigenvalue weighted by atomic mass is 35.5. The number of benzene rings is 2. The molecule has 1 N–H and O–H groups in total. The van der Waals surface area contributed by atoms with Crippen molar-refractivity contribution in [2.75, 3.05) is 5.32 Å². The number of carbonyl (C=O) groups excluding carboxylic acids is 1. The summed E-state index contributed by atoms with van der Waals surface area (Å²) in [6.45, 7) is 4.08. The maximum atomic E-state index is 12.4. The smallest absolute Gasteiger partial charge is 0.237 e. The Labute approximate surface area is 173 Å². The Kier molecular flexibility index (Phi) is 6.59. The fourth-order valence-corrected chi connectivity index (χ4v) is 3.39. The van der Waals surface area contributed by atoms with Crippen LogP contribution >= 0.6 is 23.4 Å². The first-order valence-corrected chi connectivity index (χ1v) is 9.99. The number of aromatic nitrogens is 3. The Morgan fingerprint density at radius 3 is 2.64 bits per heavy atom. The van der Waals surface area contributed by atoms with Gasteiger partial charge in [-0.1, -0.05) is 53.2 Å². The Balaban J connectivity index is 1.59. The van der Waals surface area contributed by atoms with Crippen LogP contribution < -0.4 is 10.1 Å². The zero-order valence-corrected chi connectivity index (χ0v) is 17.4. The highest BCUT2D eigenvalue weighted by Gasteiger charge is 2.19. The quantitative estimate of drug-likeness (QED) is 0.575. The van der Waals surface area contributed by atoms with Crippen LogP contribution in [0.2, 0.25) is 5.02 Å². The molecular weight excluding hydrogens is 396 g/mol. The Bertz CT molecular complexity index is 959. The largest absolute Gasteiger partial charge is 0.484 e. The molecule has 1 amide bonds. The van der Waals surface area contributed by atoms with Gasteiger partial charge in [-0.2, -0.15) is 0 Å². The molecule has 0 bridgehead atoms. The lowest BCUT2D eigenvalue weighted by atomic mass is 10.2. The molecule has 0 aliphatic rings. The summed E-state index contributed by atoms with van der Waals surface area (Å²) in [4.78, 5) is 12.4. The van der Waals surface area contributed by atoms with E-state index < -0.39 is 0 Å². The third-order valence-corrected chi connectivity index (χ3v) is 5.54. The van der Waals surface area contributed by atoms with Gasteiger partial charge in [-0.15, -0.1) is 10.2 Å². The standard InChI is InChI=1S/C20H21ClN4O2S/c1-13-8-10-15(11-9-13)22-19(26)14(2)28-20-24-23-18(25(20)3)12-27-17-7-5-4-6-16(17)21/h4-11,14H,12H2,1-3H3,(H,22,26)/t14-/m1/s1. The van der Waals surface area contributed by atoms with Crippen molar-refractivity contribution in [2.45, 2.75) is 30.9 Å². The van der Waals surface area contributed by atoms with Gasteiger partial charge in [0.15, 0.2) is 11.0 Å². The first-order valence-electron chi connectivity index (χ1n) is 8.74. The van der Waals surface area contributed by atoms with Crippen LogP contribution in [0.3, 0.4) is 0 Å². The van der Waals surface area contributed by atoms with E-state index in [-0.39, 0.29) is 17.8 Å². The monoisotopic (exact) mass is 416 g/mol. The van der Waals surface area contributed by atoms with Crippen molar-refractivity contribution in [3.05, 3.63) is 64.9 Å². The molecular formula is C20H21ClN4O2S. The molecule has 146 valence electrons. The predicted octanol–water partition coefficient (Wildman–Crippen LogP) is 4.48. The number of anilines is 1. The van der Waals surface area contributed by atoms with E-state index in [2.05, 4.69) is 15.5 Å². The molecule has 0 fully saturated rings. The SMILES string of the molecule is Cc1ccc(NC(=O)[C@@H](C)Sc2nnc(COc3ccccc3Cl)n2C)cc1. The number of nitrogens with one attached hydrogen (secondary N) is 1. The molecule has 0 unspecified atom stereocenters. The van der Waals surface area contributed by atoms with Crippen molar-refractivity contribution in [1.82, 2.24) is 14.8 Å². The van der Waals surface area contributed by atoms with Gasteiger partial charge in [-0.25, -0.2) is 0 Å². The van der Waals surface area contributed by atoms with Crippen molar-refractivity contribution in [3.8, 4) is 5.75 Å². The summed E-state index contributed by atoms with van der Waals surface area (Å²) in [6, 6.07) is 15.0. The number of halogens is 1. The van der Waals surface area contributed by atoms with Gasteiger partial charge in [0.05, 0.1) is 10.3 Å². The maximum Gasteiger partial charge on any atom is 0.237 e. The first-order chi connectivity index (χ1) is 13.4. The second-order valence-electron chi connectivity index (χ2n) is 6.29. The van der Waals surface area contributed by atoms with Gasteiger partial charge in [-0.05, 0) is 38.1 Å². The molecule has 3 rings (SSSR count). The lowest BCUT2D eigenvalue weighted by molar-refractivity contribution is -0.115. The van der Waals surface area contributed by atoms with E-state index in [0.29, 0.717) is 21.8 Å². The molecule has 3 aromatic rings. The number of hydrogen-bond acceptors (Lipinski definition) is 5. The van der Waals surface area contributed by atoms with Crippen LogP contribution in [0.15, 0.2) is 53.7 Å². The van der Waals surface area contributed by atoms with Gasteiger partial charge in [0.2, 0.25) is 5.91 Å². The minimum Gasteiger partial charge on any atom is -0.484 e. The van der Waals surface area contributed by atoms with Crippen LogP contribution in [0.25, 0.3) is 0 Å². The molecule has 1 heterocycles. The Morgan fingerprint density at radius 1 is 1.21 bits per heavy atom. The topological polar surface area (TPSA) is 69.0 Å². The second kappa shape index (κ2) is 9.12. The molecule has 8 heteroatoms. The van der Waals surface area contributed by atoms with Crippen LogP contribution in [0.4, 0.5) is 5.69 Å². The number of thioether (sulfide) groups is 1. The van der Waals surface area contributed by atoms with Crippen LogP contribution in [0.5, 0.6) is 5.75 Å². The van der Waals surface area contributed by atoms with Crippen LogP contribution in [0.1, 0.15) is 18.3 Å². The third-order valence-electron chi connectivity index (χ3n) is 4.09. The van der Waals surface area contributed by atoms with Crippen molar-refractivity contribution in [2.24, 2.45) is 7.05 Å². The number of hydrogen-bond donors (Lipinski definition) is 1. The lowest BCUT2D eigenvalue weighted by Gasteiger charge is -2.12. The van der Waals surface area contributed by atoms with Crippen LogP contribution in [-0.4, -0.2) is 25.9 Å². The minimum atomic E-state index is -0.332. The highest BCUT2D eigenvalue weighted by Crippen LogP contribution is 2.26. The molecule has 0 radical (unpaired) electrons. The fraction of sp³-hybridized carbons (Fsp3) is 0.250. The lowest BCUT2D eigenvalue weighted by Crippen LogP contribution is -2.22. The van der Waals surface area contributed by atoms with Gasteiger partial charge in [-0.3, -0.25) is 4.79 Å². The third kappa shape index (κ3) is 5.05. The number of para-hydroxylation sites is 1. The van der Waals surface area contributed by atoms with Crippen LogP contribution in [0, 0.1) is 6.92 Å². The van der Waals surface area contributed by atoms with Gasteiger partial charge in [0.1, 0.15) is 12.4 Å². The molecule has 1 atom stereocenters. The van der Waals surface area contributed by atoms with Gasteiger partial charge >= 0.3 is 0 Å². The Morgan fingerprint density at radius 2 is 1.93 bits per heavy atom. The molecule has 28 heavy (non-hydrogen) atoms. The van der Waals surface area contributed by atoms with Crippen molar-refractivity contribution < 1.29 is 9.53 Å². The maximum absolute atomic E-state index is 12.4. The summed E-state index contributed by atoms with van der Waals surface area (Å²) < 4.78 is 7.53. The number of aryl methyl sites for hydroxylation is 1. The molecule has 0 spiro atoms. The number of ether oxygens (including phenoxy) is 1. The molecule has 2 aromatic carbocycles. The van der Waals surface area contributed by atoms with Gasteiger partial charge in [0, 0.05) is 12.7 Å². The number of carbonyl (C=O) groups is 1. The molecule has 0 aliphatic heterocycles. The number of amides is 1. The summed E-state index contributed by atoms with van der Waals surface area (Å²) in [5.41, 5.74) is 1.92. The second-order valence-corrected chi connectivity index (χ2v) is 8.01. The van der Waals surface area contributed by atoms with Crippen LogP contribution in [-0.2, 0) is 18.4 Å². The van der Waals surface area contributed by atoms with Gasteiger partial charge < -0.3 is 14.6 Å². The molecule has 6 nitrogen and oxygen atoms in total. The van der Waals surface area contributed by atoms with E-state index in [1.54, 1.807) is 12.1 Å². The molecule has 0 aliphatic carbocycles. The van der Waals surface area contributed by atoms with E-state index in [4.69, 9.17) is 16.3 Å². The van der Waals surface area contributed by atoms with E-state index in [0.717, 1.165) is 11.3 Å². The zero-order valence-electron chi connectivity index (χ0n) is 15.8. The van der Waals surface area contributed by atoms with Crippen molar-refractivity contribution >= 4 is 35.0 Å². The Hall–Kier alpha value is -2.51. The minimum absolute atomic E-state index is 0.0919. The summed E-state index contributed by atoms with van der Waals surface area (Å²) in [7, 11) is 1.85. The zero-order chi connectivity index (χ0) is 20.1. The normalized spacial score (nSPS) is 11.9. The molecule has 1 aromatic heterocycles. The predicted molar refractivity (Wildman–Crippen MR) is 112 cm³/mol. The number of rotatable bonds is 7. The molecule has 0 saturated heterocycles. The van der Waals surface area contributed by atoms with E-state index in [1.807, 2.05) is 61.9 Å². The van der Waals surface area contributed by atoms with Crippen molar-refractivity contribution in [3.63, 3.8) is 0 Å². The first kappa shape index (κ1) is 20.2. The summed E-state index contributed by atoms with van der Waals surface area (Å²) >= 11 is 7.44. The van der Waals surface area contributed by atoms with E-state index in [1.165, 1.54) is 11.8 Å². The highest BCUT2D eigenvalue weighted by molar-refractivity contribution is 8.00. The average molecular weight is 417 g/mol. The summed E-state index contributed by atoms with van der Waals surface area (Å²) in [5, 5.41) is 12.1. The van der Waals surface area contributed by atoms with E-state index in [9.17, 15) is 4.79 Å². The number of nitrogens with zero attached hydrogens (tertiary/aromatic N) is 3. The van der Waals surface area contributed by atoms with Crippen molar-refractivity contribution in [1.29, 1.82) is 0 Å².